The molecule has 3 heteroatoms. The second-order valence-electron chi connectivity index (χ2n) is 3.55. The van der Waals surface area contributed by atoms with Gasteiger partial charge in [-0.1, -0.05) is 41.1 Å². The number of ketones is 1. The van der Waals surface area contributed by atoms with Crippen LogP contribution in [0.5, 0.6) is 5.75 Å². The molecule has 0 saturated heterocycles. The lowest BCUT2D eigenvalue weighted by Gasteiger charge is -2.05. The zero-order valence-corrected chi connectivity index (χ0v) is 11.5. The number of carbonyl (C=O) groups excluding carboxylic acids is 1. The molecule has 0 aliphatic rings. The zero-order valence-electron chi connectivity index (χ0n) is 9.90. The summed E-state index contributed by atoms with van der Waals surface area (Å²) in [6.45, 7) is 3.81. The highest BCUT2D eigenvalue weighted by Crippen LogP contribution is 2.24. The van der Waals surface area contributed by atoms with E-state index in [1.54, 1.807) is 24.3 Å². The molecule has 0 spiro atoms. The van der Waals surface area contributed by atoms with Crippen molar-refractivity contribution in [1.29, 1.82) is 0 Å². The monoisotopic (exact) mass is 294 g/mol. The van der Waals surface area contributed by atoms with Gasteiger partial charge >= 0.3 is 0 Å². The lowest BCUT2D eigenvalue weighted by Crippen LogP contribution is -2.02. The average molecular weight is 295 g/mol. The maximum absolute atomic E-state index is 12.2. The predicted octanol–water partition coefficient (Wildman–Crippen LogP) is 4.25. The number of hydrogen-bond donors (Lipinski definition) is 1. The van der Waals surface area contributed by atoms with Gasteiger partial charge in [0.15, 0.2) is 5.78 Å². The van der Waals surface area contributed by atoms with E-state index in [9.17, 15) is 9.90 Å². The fraction of sp³-hybridized carbons (Fsp3) is 0.214. The number of benzene rings is 1. The Labute approximate surface area is 110 Å². The third-order valence-electron chi connectivity index (χ3n) is 2.31. The van der Waals surface area contributed by atoms with Crippen LogP contribution in [0.25, 0.3) is 0 Å². The summed E-state index contributed by atoms with van der Waals surface area (Å²) >= 11 is 3.29. The topological polar surface area (TPSA) is 37.3 Å². The van der Waals surface area contributed by atoms with Crippen LogP contribution in [0.2, 0.25) is 0 Å². The van der Waals surface area contributed by atoms with Gasteiger partial charge in [0, 0.05) is 10.0 Å². The quantitative estimate of drug-likeness (QED) is 0.512. The second kappa shape index (κ2) is 6.40. The lowest BCUT2D eigenvalue weighted by atomic mass is 10.0. The van der Waals surface area contributed by atoms with Crippen LogP contribution in [0.1, 0.15) is 30.6 Å². The van der Waals surface area contributed by atoms with Gasteiger partial charge < -0.3 is 5.11 Å². The molecular weight excluding hydrogens is 280 g/mol. The molecule has 0 aromatic heterocycles. The van der Waals surface area contributed by atoms with Crippen molar-refractivity contribution in [2.24, 2.45) is 0 Å². The van der Waals surface area contributed by atoms with E-state index in [2.05, 4.69) is 15.9 Å². The summed E-state index contributed by atoms with van der Waals surface area (Å²) in [7, 11) is 0. The summed E-state index contributed by atoms with van der Waals surface area (Å²) in [6.07, 6.45) is 6.31. The summed E-state index contributed by atoms with van der Waals surface area (Å²) in [5, 5.41) is 9.68. The van der Waals surface area contributed by atoms with Crippen molar-refractivity contribution >= 4 is 21.7 Å². The Morgan fingerprint density at radius 1 is 1.47 bits per heavy atom. The number of hydrogen-bond acceptors (Lipinski definition) is 2. The molecule has 1 N–H and O–H groups in total. The Morgan fingerprint density at radius 2 is 2.18 bits per heavy atom. The molecule has 0 radical (unpaired) electrons. The smallest absolute Gasteiger partial charge is 0.196 e. The van der Waals surface area contributed by atoms with Gasteiger partial charge in [0.2, 0.25) is 0 Å². The zero-order chi connectivity index (χ0) is 12.8. The molecule has 0 aliphatic carbocycles. The molecule has 0 bridgehead atoms. The first-order valence-electron chi connectivity index (χ1n) is 5.46. The fourth-order valence-corrected chi connectivity index (χ4v) is 1.75. The van der Waals surface area contributed by atoms with Crippen molar-refractivity contribution in [1.82, 2.24) is 0 Å². The van der Waals surface area contributed by atoms with Crippen molar-refractivity contribution in [2.75, 3.05) is 0 Å². The van der Waals surface area contributed by atoms with Crippen LogP contribution in [0.4, 0.5) is 0 Å². The first-order valence-corrected chi connectivity index (χ1v) is 6.25. The minimum absolute atomic E-state index is 0.00227. The number of halogens is 1. The number of phenolic OH excluding ortho intramolecular Hbond substituents is 1. The maximum atomic E-state index is 12.2. The minimum atomic E-state index is -0.170. The number of allylic oxidation sites excluding steroid dienone is 4. The van der Waals surface area contributed by atoms with Gasteiger partial charge in [-0.05, 0) is 31.5 Å². The lowest BCUT2D eigenvalue weighted by molar-refractivity contribution is 0.103. The highest BCUT2D eigenvalue weighted by atomic mass is 79.9. The first kappa shape index (κ1) is 13.7. The van der Waals surface area contributed by atoms with E-state index < -0.39 is 0 Å². The molecule has 1 rings (SSSR count). The molecule has 1 aromatic rings. The van der Waals surface area contributed by atoms with Gasteiger partial charge in [0.25, 0.3) is 0 Å². The summed E-state index contributed by atoms with van der Waals surface area (Å²) in [4.78, 5) is 12.2. The number of carbonyl (C=O) groups is 1. The van der Waals surface area contributed by atoms with Gasteiger partial charge in [-0.3, -0.25) is 4.79 Å². The molecule has 0 amide bonds. The van der Waals surface area contributed by atoms with E-state index >= 15 is 0 Å². The molecule has 0 aliphatic heterocycles. The molecule has 0 saturated carbocycles. The second-order valence-corrected chi connectivity index (χ2v) is 4.46. The molecule has 0 fully saturated rings. The van der Waals surface area contributed by atoms with Crippen LogP contribution in [-0.4, -0.2) is 10.9 Å². The van der Waals surface area contributed by atoms with E-state index in [1.807, 2.05) is 19.9 Å². The van der Waals surface area contributed by atoms with Gasteiger partial charge in [-0.25, -0.2) is 0 Å². The summed E-state index contributed by atoms with van der Waals surface area (Å²) in [5.41, 5.74) is 0.897. The van der Waals surface area contributed by atoms with Crippen molar-refractivity contribution in [3.05, 3.63) is 52.0 Å². The fourth-order valence-electron chi connectivity index (χ4n) is 1.39. The van der Waals surface area contributed by atoms with E-state index in [-0.39, 0.29) is 11.5 Å². The minimum Gasteiger partial charge on any atom is -0.507 e. The standard InChI is InChI=1S/C14H15BrO2/c1-3-5-6-10(4-2)14(17)12-9-11(15)7-8-13(12)16/h4-9,16H,3H2,1-2H3/b6-5-,10-4+. The molecule has 17 heavy (non-hydrogen) atoms. The van der Waals surface area contributed by atoms with Gasteiger partial charge in [0.05, 0.1) is 5.56 Å². The van der Waals surface area contributed by atoms with E-state index in [4.69, 9.17) is 0 Å². The molecule has 0 atom stereocenters. The van der Waals surface area contributed by atoms with Gasteiger partial charge in [-0.15, -0.1) is 0 Å². The van der Waals surface area contributed by atoms with Crippen LogP contribution in [0.3, 0.4) is 0 Å². The van der Waals surface area contributed by atoms with E-state index in [0.29, 0.717) is 11.1 Å². The molecule has 90 valence electrons. The Bertz CT molecular complexity index is 473. The van der Waals surface area contributed by atoms with Crippen LogP contribution >= 0.6 is 15.9 Å². The van der Waals surface area contributed by atoms with Crippen molar-refractivity contribution in [2.45, 2.75) is 20.3 Å². The largest absolute Gasteiger partial charge is 0.507 e. The van der Waals surface area contributed by atoms with E-state index in [0.717, 1.165) is 10.9 Å². The number of Topliss-reactive ketones (excluding diaryl/α,β-unsaturated/α-hetero) is 1. The third kappa shape index (κ3) is 3.56. The molecule has 0 heterocycles. The Balaban J connectivity index is 3.11. The Kier molecular flexibility index (Phi) is 5.16. The van der Waals surface area contributed by atoms with Crippen molar-refractivity contribution in [3.63, 3.8) is 0 Å². The number of aromatic hydroxyl groups is 1. The number of rotatable bonds is 4. The highest BCUT2D eigenvalue weighted by molar-refractivity contribution is 9.10. The number of phenols is 1. The van der Waals surface area contributed by atoms with Crippen molar-refractivity contribution < 1.29 is 9.90 Å². The summed E-state index contributed by atoms with van der Waals surface area (Å²) in [6, 6.07) is 4.83. The summed E-state index contributed by atoms with van der Waals surface area (Å²) < 4.78 is 0.772. The van der Waals surface area contributed by atoms with Crippen LogP contribution in [0, 0.1) is 0 Å². The van der Waals surface area contributed by atoms with Gasteiger partial charge in [-0.2, -0.15) is 0 Å². The van der Waals surface area contributed by atoms with Crippen LogP contribution < -0.4 is 0 Å². The maximum Gasteiger partial charge on any atom is 0.196 e. The molecule has 1 aromatic carbocycles. The third-order valence-corrected chi connectivity index (χ3v) is 2.80. The van der Waals surface area contributed by atoms with Crippen LogP contribution in [-0.2, 0) is 0 Å². The normalized spacial score (nSPS) is 12.1. The molecule has 2 nitrogen and oxygen atoms in total. The SMILES string of the molecule is C/C=C(\C=C/CC)C(=O)c1cc(Br)ccc1O. The van der Waals surface area contributed by atoms with Gasteiger partial charge in [0.1, 0.15) is 5.75 Å². The van der Waals surface area contributed by atoms with Crippen molar-refractivity contribution in [3.8, 4) is 5.75 Å². The Hall–Kier alpha value is -1.35. The summed E-state index contributed by atoms with van der Waals surface area (Å²) in [5.74, 6) is -0.168. The predicted molar refractivity (Wildman–Crippen MR) is 73.3 cm³/mol. The molecular formula is C14H15BrO2. The highest BCUT2D eigenvalue weighted by Gasteiger charge is 2.13. The Morgan fingerprint density at radius 3 is 2.76 bits per heavy atom. The molecule has 0 unspecified atom stereocenters. The average Bonchev–Trinajstić information content (AvgIpc) is 2.33. The van der Waals surface area contributed by atoms with Crippen LogP contribution in [0.15, 0.2) is 46.5 Å². The van der Waals surface area contributed by atoms with E-state index in [1.165, 1.54) is 6.07 Å². The first-order chi connectivity index (χ1) is 8.10.